The van der Waals surface area contributed by atoms with Gasteiger partial charge in [-0.1, -0.05) is 31.2 Å². The Balaban J connectivity index is 2.79. The summed E-state index contributed by atoms with van der Waals surface area (Å²) >= 11 is 0. The Kier molecular flexibility index (Phi) is 4.93. The van der Waals surface area contributed by atoms with Gasteiger partial charge in [-0.3, -0.25) is 0 Å². The third-order valence-corrected chi connectivity index (χ3v) is 2.53. The molecule has 0 radical (unpaired) electrons. The third kappa shape index (κ3) is 3.42. The summed E-state index contributed by atoms with van der Waals surface area (Å²) in [6.07, 6.45) is 7.29. The summed E-state index contributed by atoms with van der Waals surface area (Å²) in [7, 11) is 0. The third-order valence-electron chi connectivity index (χ3n) is 2.53. The van der Waals surface area contributed by atoms with E-state index in [4.69, 9.17) is 6.42 Å². The Morgan fingerprint density at radius 2 is 2.13 bits per heavy atom. The molecule has 0 aromatic heterocycles. The molecule has 0 aliphatic heterocycles. The molecule has 0 saturated carbocycles. The fourth-order valence-electron chi connectivity index (χ4n) is 1.71. The van der Waals surface area contributed by atoms with Gasteiger partial charge in [0, 0.05) is 12.5 Å². The van der Waals surface area contributed by atoms with E-state index in [-0.39, 0.29) is 0 Å². The molecular weight excluding hydrogens is 182 g/mol. The Labute approximate surface area is 92.9 Å². The summed E-state index contributed by atoms with van der Waals surface area (Å²) in [4.78, 5) is 0. The molecule has 1 aromatic rings. The van der Waals surface area contributed by atoms with Crippen LogP contribution in [0.2, 0.25) is 0 Å². The van der Waals surface area contributed by atoms with Crippen LogP contribution in [-0.2, 0) is 0 Å². The number of benzene rings is 1. The number of hydrogen-bond donors (Lipinski definition) is 1. The Hall–Kier alpha value is -1.26. The molecule has 1 heteroatoms. The summed E-state index contributed by atoms with van der Waals surface area (Å²) in [5.74, 6) is 2.74. The van der Waals surface area contributed by atoms with Crippen LogP contribution in [0.3, 0.4) is 0 Å². The molecule has 1 rings (SSSR count). The normalized spacial score (nSPS) is 12.1. The molecular formula is C14H19N. The number of rotatable bonds is 5. The SMILES string of the molecule is C#CCC(NCCC)c1ccccc1C. The maximum atomic E-state index is 5.40. The summed E-state index contributed by atoms with van der Waals surface area (Å²) in [5, 5.41) is 3.48. The van der Waals surface area contributed by atoms with Gasteiger partial charge in [-0.25, -0.2) is 0 Å². The zero-order valence-corrected chi connectivity index (χ0v) is 9.59. The van der Waals surface area contributed by atoms with Crippen molar-refractivity contribution < 1.29 is 0 Å². The Morgan fingerprint density at radius 3 is 2.73 bits per heavy atom. The van der Waals surface area contributed by atoms with E-state index in [1.807, 2.05) is 0 Å². The van der Waals surface area contributed by atoms with E-state index in [1.54, 1.807) is 0 Å². The molecule has 15 heavy (non-hydrogen) atoms. The summed E-state index contributed by atoms with van der Waals surface area (Å²) in [6, 6.07) is 8.72. The van der Waals surface area contributed by atoms with Crippen LogP contribution in [0.1, 0.15) is 36.9 Å². The van der Waals surface area contributed by atoms with Crippen molar-refractivity contribution in [3.05, 3.63) is 35.4 Å². The van der Waals surface area contributed by atoms with Gasteiger partial charge in [0.1, 0.15) is 0 Å². The summed E-state index contributed by atoms with van der Waals surface area (Å²) < 4.78 is 0. The molecule has 1 atom stereocenters. The summed E-state index contributed by atoms with van der Waals surface area (Å²) in [6.45, 7) is 5.31. The number of terminal acetylenes is 1. The second-order valence-electron chi connectivity index (χ2n) is 3.77. The minimum atomic E-state index is 0.302. The summed E-state index contributed by atoms with van der Waals surface area (Å²) in [5.41, 5.74) is 2.63. The molecule has 0 fully saturated rings. The predicted molar refractivity (Wildman–Crippen MR) is 65.7 cm³/mol. The molecule has 1 aromatic carbocycles. The van der Waals surface area contributed by atoms with Crippen LogP contribution in [0.15, 0.2) is 24.3 Å². The van der Waals surface area contributed by atoms with Crippen molar-refractivity contribution in [2.45, 2.75) is 32.7 Å². The van der Waals surface area contributed by atoms with Gasteiger partial charge >= 0.3 is 0 Å². The highest BCUT2D eigenvalue weighted by atomic mass is 14.9. The molecule has 0 aliphatic rings. The molecule has 0 amide bonds. The largest absolute Gasteiger partial charge is 0.309 e. The number of nitrogens with one attached hydrogen (secondary N) is 1. The highest BCUT2D eigenvalue weighted by molar-refractivity contribution is 5.29. The van der Waals surface area contributed by atoms with Crippen molar-refractivity contribution in [3.63, 3.8) is 0 Å². The molecule has 0 saturated heterocycles. The van der Waals surface area contributed by atoms with Gasteiger partial charge in [-0.05, 0) is 31.0 Å². The lowest BCUT2D eigenvalue weighted by molar-refractivity contribution is 0.540. The van der Waals surface area contributed by atoms with Gasteiger partial charge < -0.3 is 5.32 Å². The Morgan fingerprint density at radius 1 is 1.40 bits per heavy atom. The lowest BCUT2D eigenvalue weighted by atomic mass is 9.99. The molecule has 0 heterocycles. The smallest absolute Gasteiger partial charge is 0.0433 e. The fraction of sp³-hybridized carbons (Fsp3) is 0.429. The minimum absolute atomic E-state index is 0.302. The van der Waals surface area contributed by atoms with Crippen molar-refractivity contribution >= 4 is 0 Å². The van der Waals surface area contributed by atoms with E-state index in [9.17, 15) is 0 Å². The standard InChI is InChI=1S/C14H19N/c1-4-8-14(15-11-5-2)13-10-7-6-9-12(13)3/h1,6-7,9-10,14-15H,5,8,11H2,2-3H3. The van der Waals surface area contributed by atoms with Crippen molar-refractivity contribution in [2.75, 3.05) is 6.54 Å². The van der Waals surface area contributed by atoms with Crippen molar-refractivity contribution in [3.8, 4) is 12.3 Å². The maximum absolute atomic E-state index is 5.40. The van der Waals surface area contributed by atoms with Crippen molar-refractivity contribution in [2.24, 2.45) is 0 Å². The monoisotopic (exact) mass is 201 g/mol. The first kappa shape index (κ1) is 11.8. The number of aryl methyl sites for hydroxylation is 1. The van der Waals surface area contributed by atoms with Gasteiger partial charge in [0.2, 0.25) is 0 Å². The van der Waals surface area contributed by atoms with E-state index in [1.165, 1.54) is 11.1 Å². The quantitative estimate of drug-likeness (QED) is 0.722. The zero-order valence-electron chi connectivity index (χ0n) is 9.59. The molecule has 1 nitrogen and oxygen atoms in total. The van der Waals surface area contributed by atoms with Crippen LogP contribution in [-0.4, -0.2) is 6.54 Å². The topological polar surface area (TPSA) is 12.0 Å². The van der Waals surface area contributed by atoms with Crippen LogP contribution in [0.5, 0.6) is 0 Å². The van der Waals surface area contributed by atoms with Crippen LogP contribution < -0.4 is 5.32 Å². The Bertz CT molecular complexity index is 335. The van der Waals surface area contributed by atoms with Crippen molar-refractivity contribution in [1.82, 2.24) is 5.32 Å². The highest BCUT2D eigenvalue weighted by Crippen LogP contribution is 2.19. The molecule has 1 N–H and O–H groups in total. The first-order chi connectivity index (χ1) is 7.29. The second-order valence-corrected chi connectivity index (χ2v) is 3.77. The van der Waals surface area contributed by atoms with Crippen LogP contribution in [0.4, 0.5) is 0 Å². The van der Waals surface area contributed by atoms with Gasteiger partial charge in [0.05, 0.1) is 0 Å². The molecule has 0 bridgehead atoms. The molecule has 1 unspecified atom stereocenters. The van der Waals surface area contributed by atoms with E-state index in [0.29, 0.717) is 6.04 Å². The average molecular weight is 201 g/mol. The lowest BCUT2D eigenvalue weighted by Crippen LogP contribution is -2.22. The fourth-order valence-corrected chi connectivity index (χ4v) is 1.71. The van der Waals surface area contributed by atoms with Gasteiger partial charge in [-0.2, -0.15) is 0 Å². The van der Waals surface area contributed by atoms with Gasteiger partial charge in [0.15, 0.2) is 0 Å². The first-order valence-corrected chi connectivity index (χ1v) is 5.52. The first-order valence-electron chi connectivity index (χ1n) is 5.52. The molecule has 0 aliphatic carbocycles. The van der Waals surface area contributed by atoms with E-state index >= 15 is 0 Å². The van der Waals surface area contributed by atoms with Crippen LogP contribution in [0.25, 0.3) is 0 Å². The van der Waals surface area contributed by atoms with E-state index < -0.39 is 0 Å². The maximum Gasteiger partial charge on any atom is 0.0433 e. The molecule has 80 valence electrons. The molecule has 0 spiro atoms. The van der Waals surface area contributed by atoms with Crippen molar-refractivity contribution in [1.29, 1.82) is 0 Å². The van der Waals surface area contributed by atoms with Gasteiger partial charge in [-0.15, -0.1) is 12.3 Å². The van der Waals surface area contributed by atoms with Crippen LogP contribution in [0, 0.1) is 19.3 Å². The number of hydrogen-bond acceptors (Lipinski definition) is 1. The average Bonchev–Trinajstić information content (AvgIpc) is 2.25. The minimum Gasteiger partial charge on any atom is -0.309 e. The van der Waals surface area contributed by atoms with E-state index in [2.05, 4.69) is 49.4 Å². The predicted octanol–water partition coefficient (Wildman–Crippen LogP) is 3.06. The van der Waals surface area contributed by atoms with E-state index in [0.717, 1.165) is 19.4 Å². The van der Waals surface area contributed by atoms with Gasteiger partial charge in [0.25, 0.3) is 0 Å². The van der Waals surface area contributed by atoms with Crippen LogP contribution >= 0.6 is 0 Å². The second kappa shape index (κ2) is 6.27. The highest BCUT2D eigenvalue weighted by Gasteiger charge is 2.10. The lowest BCUT2D eigenvalue weighted by Gasteiger charge is -2.18. The zero-order chi connectivity index (χ0) is 11.1.